The highest BCUT2D eigenvalue weighted by Crippen LogP contribution is 2.37. The highest BCUT2D eigenvalue weighted by Gasteiger charge is 2.43. The van der Waals surface area contributed by atoms with E-state index in [1.165, 1.54) is 0 Å². The van der Waals surface area contributed by atoms with Crippen LogP contribution < -0.4 is 5.32 Å². The Morgan fingerprint density at radius 1 is 1.10 bits per heavy atom. The van der Waals surface area contributed by atoms with Gasteiger partial charge in [0.1, 0.15) is 0 Å². The Balaban J connectivity index is 1.66. The Bertz CT molecular complexity index is 863. The van der Waals surface area contributed by atoms with Gasteiger partial charge in [0, 0.05) is 28.7 Å². The number of ether oxygens (including phenoxy) is 1. The summed E-state index contributed by atoms with van der Waals surface area (Å²) in [6.45, 7) is 3.17. The molecule has 0 bridgehead atoms. The molecule has 0 radical (unpaired) electrons. The lowest BCUT2D eigenvalue weighted by atomic mass is 9.73. The number of carbonyl (C=O) groups excluding carboxylic acids is 2. The number of rotatable bonds is 6. The van der Waals surface area contributed by atoms with Crippen LogP contribution in [0.2, 0.25) is 5.02 Å². The van der Waals surface area contributed by atoms with Gasteiger partial charge in [-0.15, -0.1) is 11.8 Å². The highest BCUT2D eigenvalue weighted by atomic mass is 35.5. The number of esters is 1. The SMILES string of the molecule is CCOC(=O)C1(Cc2ccc(Cl)cc2)CCN(C(=O)Nc2ccc(SC)cc2)CC1. The normalized spacial score (nSPS) is 15.5. The van der Waals surface area contributed by atoms with E-state index in [0.717, 1.165) is 16.1 Å². The van der Waals surface area contributed by atoms with Crippen molar-refractivity contribution in [2.24, 2.45) is 5.41 Å². The average Bonchev–Trinajstić information content (AvgIpc) is 2.76. The minimum Gasteiger partial charge on any atom is -0.466 e. The Morgan fingerprint density at radius 2 is 1.73 bits per heavy atom. The number of carbonyl (C=O) groups is 2. The summed E-state index contributed by atoms with van der Waals surface area (Å²) in [6, 6.07) is 15.2. The quantitative estimate of drug-likeness (QED) is 0.471. The summed E-state index contributed by atoms with van der Waals surface area (Å²) >= 11 is 7.65. The lowest BCUT2D eigenvalue weighted by Gasteiger charge is -2.40. The average molecular weight is 447 g/mol. The molecule has 7 heteroatoms. The zero-order chi connectivity index (χ0) is 21.6. The Labute approximate surface area is 187 Å². The van der Waals surface area contributed by atoms with Gasteiger partial charge < -0.3 is 15.0 Å². The number of nitrogens with one attached hydrogen (secondary N) is 1. The molecule has 0 aromatic heterocycles. The number of nitrogens with zero attached hydrogens (tertiary/aromatic N) is 1. The molecule has 1 N–H and O–H groups in total. The Morgan fingerprint density at radius 3 is 2.30 bits per heavy atom. The predicted octanol–water partition coefficient (Wildman–Crippen LogP) is 5.48. The number of amides is 2. The number of hydrogen-bond acceptors (Lipinski definition) is 4. The van der Waals surface area contributed by atoms with Crippen LogP contribution in [-0.2, 0) is 16.0 Å². The lowest BCUT2D eigenvalue weighted by molar-refractivity contribution is -0.158. The summed E-state index contributed by atoms with van der Waals surface area (Å²) in [5, 5.41) is 3.62. The minimum absolute atomic E-state index is 0.143. The van der Waals surface area contributed by atoms with Crippen molar-refractivity contribution in [1.82, 2.24) is 4.90 Å². The molecule has 160 valence electrons. The molecule has 1 fully saturated rings. The molecule has 1 heterocycles. The van der Waals surface area contributed by atoms with E-state index in [9.17, 15) is 9.59 Å². The van der Waals surface area contributed by atoms with Crippen molar-refractivity contribution in [2.75, 3.05) is 31.3 Å². The maximum absolute atomic E-state index is 12.8. The van der Waals surface area contributed by atoms with Gasteiger partial charge in [-0.3, -0.25) is 4.79 Å². The largest absolute Gasteiger partial charge is 0.466 e. The fourth-order valence-corrected chi connectivity index (χ4v) is 4.28. The van der Waals surface area contributed by atoms with Gasteiger partial charge in [0.15, 0.2) is 0 Å². The third-order valence-corrected chi connectivity index (χ3v) is 6.51. The lowest BCUT2D eigenvalue weighted by Crippen LogP contribution is -2.49. The van der Waals surface area contributed by atoms with Crippen molar-refractivity contribution < 1.29 is 14.3 Å². The first-order valence-corrected chi connectivity index (χ1v) is 11.7. The molecule has 2 amide bonds. The molecule has 0 unspecified atom stereocenters. The van der Waals surface area contributed by atoms with Crippen LogP contribution >= 0.6 is 23.4 Å². The van der Waals surface area contributed by atoms with Crippen molar-refractivity contribution in [2.45, 2.75) is 31.1 Å². The molecular weight excluding hydrogens is 420 g/mol. The molecule has 2 aromatic rings. The van der Waals surface area contributed by atoms with Gasteiger partial charge in [-0.2, -0.15) is 0 Å². The second-order valence-corrected chi connectivity index (χ2v) is 8.77. The zero-order valence-corrected chi connectivity index (χ0v) is 18.9. The van der Waals surface area contributed by atoms with Crippen LogP contribution in [0.3, 0.4) is 0 Å². The number of halogens is 1. The first kappa shape index (κ1) is 22.5. The number of anilines is 1. The van der Waals surface area contributed by atoms with Gasteiger partial charge in [0.05, 0.1) is 12.0 Å². The Hall–Kier alpha value is -2.18. The fraction of sp³-hybridized carbons (Fsp3) is 0.391. The summed E-state index contributed by atoms with van der Waals surface area (Å²) in [5.74, 6) is -0.187. The van der Waals surface area contributed by atoms with E-state index in [2.05, 4.69) is 5.32 Å². The molecule has 1 saturated heterocycles. The molecule has 0 saturated carbocycles. The maximum Gasteiger partial charge on any atom is 0.321 e. The number of likely N-dealkylation sites (tertiary alicyclic amines) is 1. The molecule has 1 aliphatic rings. The van der Waals surface area contributed by atoms with Crippen LogP contribution in [0.4, 0.5) is 10.5 Å². The summed E-state index contributed by atoms with van der Waals surface area (Å²) in [7, 11) is 0. The first-order chi connectivity index (χ1) is 14.5. The molecule has 5 nitrogen and oxygen atoms in total. The predicted molar refractivity (Wildman–Crippen MR) is 122 cm³/mol. The van der Waals surface area contributed by atoms with Crippen LogP contribution in [-0.4, -0.2) is 42.9 Å². The summed E-state index contributed by atoms with van der Waals surface area (Å²) in [5.41, 5.74) is 1.18. The van der Waals surface area contributed by atoms with Gasteiger partial charge in [0.25, 0.3) is 0 Å². The fourth-order valence-electron chi connectivity index (χ4n) is 3.74. The smallest absolute Gasteiger partial charge is 0.321 e. The van der Waals surface area contributed by atoms with Crippen molar-refractivity contribution in [3.8, 4) is 0 Å². The van der Waals surface area contributed by atoms with Gasteiger partial charge in [0.2, 0.25) is 0 Å². The number of benzene rings is 2. The number of thioether (sulfide) groups is 1. The second kappa shape index (κ2) is 10.2. The third kappa shape index (κ3) is 5.49. The van der Waals surface area contributed by atoms with Crippen LogP contribution in [0, 0.1) is 5.41 Å². The highest BCUT2D eigenvalue weighted by molar-refractivity contribution is 7.98. The van der Waals surface area contributed by atoms with Crippen LogP contribution in [0.5, 0.6) is 0 Å². The molecule has 30 heavy (non-hydrogen) atoms. The van der Waals surface area contributed by atoms with Gasteiger partial charge in [-0.1, -0.05) is 23.7 Å². The van der Waals surface area contributed by atoms with Crippen molar-refractivity contribution in [3.05, 3.63) is 59.1 Å². The van der Waals surface area contributed by atoms with Crippen molar-refractivity contribution >= 4 is 41.1 Å². The standard InChI is InChI=1S/C23H27ClN2O3S/c1-3-29-21(27)23(16-17-4-6-18(24)7-5-17)12-14-26(15-13-23)22(28)25-19-8-10-20(30-2)11-9-19/h4-11H,3,12-16H2,1-2H3,(H,25,28). The number of piperidine rings is 1. The van der Waals surface area contributed by atoms with E-state index in [4.69, 9.17) is 16.3 Å². The third-order valence-electron chi connectivity index (χ3n) is 5.51. The van der Waals surface area contributed by atoms with Crippen LogP contribution in [0.1, 0.15) is 25.3 Å². The topological polar surface area (TPSA) is 58.6 Å². The number of hydrogen-bond donors (Lipinski definition) is 1. The summed E-state index contributed by atoms with van der Waals surface area (Å²) < 4.78 is 5.41. The molecule has 0 spiro atoms. The van der Waals surface area contributed by atoms with Crippen molar-refractivity contribution in [3.63, 3.8) is 0 Å². The monoisotopic (exact) mass is 446 g/mol. The van der Waals surface area contributed by atoms with Gasteiger partial charge >= 0.3 is 12.0 Å². The number of urea groups is 1. The van der Waals surface area contributed by atoms with E-state index in [0.29, 0.717) is 44.0 Å². The summed E-state index contributed by atoms with van der Waals surface area (Å²) in [4.78, 5) is 28.5. The molecule has 1 aliphatic heterocycles. The van der Waals surface area contributed by atoms with E-state index < -0.39 is 5.41 Å². The molecule has 0 atom stereocenters. The first-order valence-electron chi connectivity index (χ1n) is 10.1. The molecule has 3 rings (SSSR count). The van der Waals surface area contributed by atoms with E-state index in [1.807, 2.05) is 61.7 Å². The molecule has 2 aromatic carbocycles. The second-order valence-electron chi connectivity index (χ2n) is 7.45. The zero-order valence-electron chi connectivity index (χ0n) is 17.3. The van der Waals surface area contributed by atoms with Crippen LogP contribution in [0.15, 0.2) is 53.4 Å². The summed E-state index contributed by atoms with van der Waals surface area (Å²) in [6.07, 6.45) is 3.72. The van der Waals surface area contributed by atoms with E-state index in [1.54, 1.807) is 16.7 Å². The van der Waals surface area contributed by atoms with Gasteiger partial charge in [-0.25, -0.2) is 4.79 Å². The van der Waals surface area contributed by atoms with Gasteiger partial charge in [-0.05, 0) is 74.4 Å². The van der Waals surface area contributed by atoms with Crippen LogP contribution in [0.25, 0.3) is 0 Å². The van der Waals surface area contributed by atoms with E-state index in [-0.39, 0.29) is 12.0 Å². The minimum atomic E-state index is -0.624. The Kier molecular flexibility index (Phi) is 7.67. The molecular formula is C23H27ClN2O3S. The van der Waals surface area contributed by atoms with Crippen molar-refractivity contribution in [1.29, 1.82) is 0 Å². The molecule has 0 aliphatic carbocycles. The van der Waals surface area contributed by atoms with E-state index >= 15 is 0 Å². The maximum atomic E-state index is 12.8.